The molecule has 0 aromatic carbocycles. The lowest BCUT2D eigenvalue weighted by Crippen LogP contribution is -2.41. The molecule has 10 heteroatoms. The summed E-state index contributed by atoms with van der Waals surface area (Å²) in [6, 6.07) is 0. The molecule has 1 saturated carbocycles. The molecule has 2 heterocycles. The summed E-state index contributed by atoms with van der Waals surface area (Å²) >= 11 is 1.44. The Hall–Kier alpha value is -1.97. The van der Waals surface area contributed by atoms with Gasteiger partial charge in [0.2, 0.25) is 5.82 Å². The second kappa shape index (κ2) is 9.69. The molecule has 2 aromatic rings. The molecule has 2 aromatic heterocycles. The van der Waals surface area contributed by atoms with Crippen LogP contribution in [0.2, 0.25) is 0 Å². The zero-order valence-corrected chi connectivity index (χ0v) is 17.9. The summed E-state index contributed by atoms with van der Waals surface area (Å²) in [5.74, 6) is -1.60. The van der Waals surface area contributed by atoms with E-state index in [-0.39, 0.29) is 35.2 Å². The van der Waals surface area contributed by atoms with Crippen molar-refractivity contribution < 1.29 is 19.4 Å². The number of halogens is 1. The zero-order valence-electron chi connectivity index (χ0n) is 16.3. The molecule has 0 radical (unpaired) electrons. The van der Waals surface area contributed by atoms with E-state index in [1.54, 1.807) is 0 Å². The lowest BCUT2D eigenvalue weighted by atomic mass is 9.74. The molecule has 1 fully saturated rings. The van der Waals surface area contributed by atoms with Crippen molar-refractivity contribution >= 4 is 45.9 Å². The number of carboxylic acid groups (broad SMARTS) is 1. The Kier molecular flexibility index (Phi) is 7.79. The Morgan fingerprint density at radius 1 is 1.24 bits per heavy atom. The maximum Gasteiger partial charge on any atom is 0.372 e. The van der Waals surface area contributed by atoms with Gasteiger partial charge in [-0.3, -0.25) is 9.59 Å². The van der Waals surface area contributed by atoms with Crippen molar-refractivity contribution in [2.45, 2.75) is 51.4 Å². The second-order valence-corrected chi connectivity index (χ2v) is 8.38. The monoisotopic (exact) mass is 443 g/mol. The highest BCUT2D eigenvalue weighted by molar-refractivity contribution is 7.18. The highest BCUT2D eigenvalue weighted by atomic mass is 35.5. The van der Waals surface area contributed by atoms with E-state index in [2.05, 4.69) is 9.97 Å². The first-order valence-corrected chi connectivity index (χ1v) is 10.3. The molecule has 2 aliphatic carbocycles. The van der Waals surface area contributed by atoms with Crippen LogP contribution < -0.4 is 11.3 Å². The van der Waals surface area contributed by atoms with Crippen LogP contribution in [0.3, 0.4) is 0 Å². The fourth-order valence-corrected chi connectivity index (χ4v) is 5.30. The van der Waals surface area contributed by atoms with Gasteiger partial charge in [0.15, 0.2) is 0 Å². The van der Waals surface area contributed by atoms with Gasteiger partial charge in [-0.15, -0.1) is 23.7 Å². The van der Waals surface area contributed by atoms with Crippen molar-refractivity contribution in [3.05, 3.63) is 26.6 Å². The summed E-state index contributed by atoms with van der Waals surface area (Å²) in [5.41, 5.74) is 5.99. The van der Waals surface area contributed by atoms with Gasteiger partial charge in [-0.25, -0.2) is 9.78 Å². The number of fused-ring (bicyclic) bond motifs is 3. The smallest absolute Gasteiger partial charge is 0.372 e. The number of carboxylic acids is 1. The number of rotatable bonds is 3. The molecule has 0 spiro atoms. The molecule has 29 heavy (non-hydrogen) atoms. The van der Waals surface area contributed by atoms with Crippen LogP contribution in [0.4, 0.5) is 0 Å². The molecule has 4 N–H and O–H groups in total. The van der Waals surface area contributed by atoms with Crippen LogP contribution in [0.25, 0.3) is 10.2 Å². The Labute approximate surface area is 178 Å². The Bertz CT molecular complexity index is 949. The second-order valence-electron chi connectivity index (χ2n) is 7.29. The summed E-state index contributed by atoms with van der Waals surface area (Å²) in [6.07, 6.45) is 8.16. The SMILES string of the molecule is COC(=O)C1(CN)CCCCC1.Cl.O=C(O)c1nc2sc3c(c2c(=O)[nH]1)CCC3. The van der Waals surface area contributed by atoms with Crippen molar-refractivity contribution in [3.63, 3.8) is 0 Å². The van der Waals surface area contributed by atoms with E-state index < -0.39 is 5.97 Å². The van der Waals surface area contributed by atoms with Crippen molar-refractivity contribution in [3.8, 4) is 0 Å². The lowest BCUT2D eigenvalue weighted by molar-refractivity contribution is -0.154. The van der Waals surface area contributed by atoms with Gasteiger partial charge in [-0.1, -0.05) is 19.3 Å². The summed E-state index contributed by atoms with van der Waals surface area (Å²) < 4.78 is 4.77. The molecule has 0 aliphatic heterocycles. The maximum atomic E-state index is 11.8. The maximum absolute atomic E-state index is 11.8. The minimum atomic E-state index is -1.20. The highest BCUT2D eigenvalue weighted by Gasteiger charge is 2.39. The molecule has 0 unspecified atom stereocenters. The zero-order chi connectivity index (χ0) is 20.3. The number of H-pyrrole nitrogens is 1. The van der Waals surface area contributed by atoms with E-state index in [0.29, 0.717) is 16.8 Å². The molecular weight excluding hydrogens is 418 g/mol. The number of aromatic carboxylic acids is 1. The Morgan fingerprint density at radius 3 is 2.52 bits per heavy atom. The summed E-state index contributed by atoms with van der Waals surface area (Å²) in [6.45, 7) is 0.430. The number of aryl methyl sites for hydroxylation is 2. The fraction of sp³-hybridized carbons (Fsp3) is 0.579. The number of carbonyl (C=O) groups excluding carboxylic acids is 1. The highest BCUT2D eigenvalue weighted by Crippen LogP contribution is 2.36. The molecule has 2 aliphatic rings. The Morgan fingerprint density at radius 2 is 1.93 bits per heavy atom. The van der Waals surface area contributed by atoms with E-state index in [4.69, 9.17) is 15.6 Å². The van der Waals surface area contributed by atoms with Crippen LogP contribution in [0.1, 0.15) is 59.6 Å². The quantitative estimate of drug-likeness (QED) is 0.620. The van der Waals surface area contributed by atoms with E-state index in [1.807, 2.05) is 0 Å². The molecule has 0 bridgehead atoms. The minimum Gasteiger partial charge on any atom is -0.475 e. The van der Waals surface area contributed by atoms with Crippen molar-refractivity contribution in [1.29, 1.82) is 0 Å². The number of hydrogen-bond acceptors (Lipinski definition) is 7. The third-order valence-corrected chi connectivity index (χ3v) is 6.78. The number of thiophene rings is 1. The molecule has 0 amide bonds. The number of nitrogens with two attached hydrogens (primary N) is 1. The van der Waals surface area contributed by atoms with Gasteiger partial charge in [0.25, 0.3) is 5.56 Å². The third kappa shape index (κ3) is 4.62. The molecular formula is C19H26ClN3O5S. The van der Waals surface area contributed by atoms with E-state index in [9.17, 15) is 14.4 Å². The van der Waals surface area contributed by atoms with Crippen LogP contribution in [-0.2, 0) is 22.4 Å². The normalized spacial score (nSPS) is 16.9. The van der Waals surface area contributed by atoms with Gasteiger partial charge in [-0.2, -0.15) is 0 Å². The number of nitrogens with one attached hydrogen (secondary N) is 1. The van der Waals surface area contributed by atoms with Gasteiger partial charge in [0, 0.05) is 11.4 Å². The Balaban J connectivity index is 0.000000209. The summed E-state index contributed by atoms with van der Waals surface area (Å²) in [4.78, 5) is 41.9. The van der Waals surface area contributed by atoms with Crippen LogP contribution >= 0.6 is 23.7 Å². The first-order valence-electron chi connectivity index (χ1n) is 9.48. The number of aromatic amines is 1. The van der Waals surface area contributed by atoms with Gasteiger partial charge >= 0.3 is 11.9 Å². The number of methoxy groups -OCH3 is 1. The average molecular weight is 444 g/mol. The van der Waals surface area contributed by atoms with Gasteiger partial charge in [-0.05, 0) is 37.7 Å². The summed E-state index contributed by atoms with van der Waals surface area (Å²) in [5, 5.41) is 9.37. The van der Waals surface area contributed by atoms with Crippen molar-refractivity contribution in [2.24, 2.45) is 11.1 Å². The van der Waals surface area contributed by atoms with Crippen LogP contribution in [0.5, 0.6) is 0 Å². The molecule has 160 valence electrons. The fourth-order valence-electron chi connectivity index (χ4n) is 4.04. The molecule has 0 saturated heterocycles. The topological polar surface area (TPSA) is 135 Å². The van der Waals surface area contributed by atoms with Gasteiger partial charge in [0.05, 0.1) is 17.9 Å². The van der Waals surface area contributed by atoms with Gasteiger partial charge < -0.3 is 20.6 Å². The minimum absolute atomic E-state index is 0. The predicted octanol–water partition coefficient (Wildman–Crippen LogP) is 2.66. The number of hydrogen-bond donors (Lipinski definition) is 3. The van der Waals surface area contributed by atoms with E-state index >= 15 is 0 Å². The molecule has 4 rings (SSSR count). The van der Waals surface area contributed by atoms with Crippen LogP contribution in [0, 0.1) is 5.41 Å². The van der Waals surface area contributed by atoms with Crippen LogP contribution in [-0.4, -0.2) is 40.7 Å². The number of aromatic nitrogens is 2. The summed E-state index contributed by atoms with van der Waals surface area (Å²) in [7, 11) is 1.44. The standard InChI is InChI=1S/C10H8N2O3S.C9H17NO2.ClH/c13-8-6-4-2-1-3-5(4)16-9(6)12-7(11-8)10(14)15;1-12-8(11)9(7-10)5-3-2-4-6-9;/h1-3H2,(H,14,15)(H,11,12,13);2-7,10H2,1H3;1H. The van der Waals surface area contributed by atoms with Crippen LogP contribution in [0.15, 0.2) is 4.79 Å². The largest absolute Gasteiger partial charge is 0.475 e. The van der Waals surface area contributed by atoms with Crippen molar-refractivity contribution in [1.82, 2.24) is 9.97 Å². The first-order chi connectivity index (χ1) is 13.4. The average Bonchev–Trinajstić information content (AvgIpc) is 3.29. The number of carbonyl (C=O) groups is 2. The number of esters is 1. The first kappa shape index (κ1) is 23.3. The van der Waals surface area contributed by atoms with Gasteiger partial charge in [0.1, 0.15) is 4.83 Å². The number of ether oxygens (including phenoxy) is 1. The lowest BCUT2D eigenvalue weighted by Gasteiger charge is -2.32. The van der Waals surface area contributed by atoms with E-state index in [1.165, 1.54) is 29.7 Å². The predicted molar refractivity (Wildman–Crippen MR) is 113 cm³/mol. The number of nitrogens with zero attached hydrogens (tertiary/aromatic N) is 1. The van der Waals surface area contributed by atoms with E-state index in [0.717, 1.165) is 50.5 Å². The third-order valence-electron chi connectivity index (χ3n) is 5.60. The van der Waals surface area contributed by atoms with Crippen molar-refractivity contribution in [2.75, 3.05) is 13.7 Å². The molecule has 8 nitrogen and oxygen atoms in total. The molecule has 0 atom stereocenters.